The summed E-state index contributed by atoms with van der Waals surface area (Å²) in [4.78, 5) is 8.07. The van der Waals surface area contributed by atoms with E-state index in [1.54, 1.807) is 13.2 Å². The van der Waals surface area contributed by atoms with Gasteiger partial charge in [-0.2, -0.15) is 0 Å². The third-order valence-electron chi connectivity index (χ3n) is 2.56. The zero-order chi connectivity index (χ0) is 10.7. The van der Waals surface area contributed by atoms with Gasteiger partial charge < -0.3 is 14.8 Å². The smallest absolute Gasteiger partial charge is 0.218 e. The van der Waals surface area contributed by atoms with Crippen LogP contribution in [-0.4, -0.2) is 35.8 Å². The Hall–Kier alpha value is -1.36. The number of rotatable bonds is 3. The highest BCUT2D eigenvalue weighted by molar-refractivity contribution is 5.38. The van der Waals surface area contributed by atoms with Crippen LogP contribution >= 0.6 is 0 Å². The van der Waals surface area contributed by atoms with Gasteiger partial charge in [0.1, 0.15) is 12.1 Å². The van der Waals surface area contributed by atoms with Gasteiger partial charge in [0.25, 0.3) is 0 Å². The lowest BCUT2D eigenvalue weighted by atomic mass is 10.1. The van der Waals surface area contributed by atoms with Crippen LogP contribution in [-0.2, 0) is 4.74 Å². The van der Waals surface area contributed by atoms with Gasteiger partial charge in [-0.15, -0.1) is 0 Å². The zero-order valence-electron chi connectivity index (χ0n) is 8.93. The van der Waals surface area contributed by atoms with Crippen molar-refractivity contribution >= 4 is 5.82 Å². The Balaban J connectivity index is 2.03. The fourth-order valence-electron chi connectivity index (χ4n) is 1.64. The molecule has 0 radical (unpaired) electrons. The maximum absolute atomic E-state index is 5.46. The van der Waals surface area contributed by atoms with Gasteiger partial charge in [0.2, 0.25) is 5.88 Å². The highest BCUT2D eigenvalue weighted by Gasteiger charge is 2.24. The van der Waals surface area contributed by atoms with E-state index >= 15 is 0 Å². The maximum atomic E-state index is 5.46. The number of anilines is 1. The van der Waals surface area contributed by atoms with Crippen LogP contribution in [0.2, 0.25) is 0 Å². The first-order chi connectivity index (χ1) is 7.29. The molecule has 2 rings (SSSR count). The lowest BCUT2D eigenvalue weighted by Crippen LogP contribution is -2.27. The SMILES string of the molecule is COc1cc(NC2CCOC2C)ncn1. The largest absolute Gasteiger partial charge is 0.481 e. The first-order valence-corrected chi connectivity index (χ1v) is 5.04. The number of nitrogens with one attached hydrogen (secondary N) is 1. The summed E-state index contributed by atoms with van der Waals surface area (Å²) in [6.45, 7) is 2.87. The molecule has 1 aromatic heterocycles. The van der Waals surface area contributed by atoms with Gasteiger partial charge in [-0.3, -0.25) is 0 Å². The van der Waals surface area contributed by atoms with Crippen LogP contribution in [0.5, 0.6) is 5.88 Å². The molecule has 5 heteroatoms. The second kappa shape index (κ2) is 4.44. The zero-order valence-corrected chi connectivity index (χ0v) is 8.93. The van der Waals surface area contributed by atoms with E-state index in [-0.39, 0.29) is 6.10 Å². The minimum absolute atomic E-state index is 0.228. The van der Waals surface area contributed by atoms with Crippen molar-refractivity contribution in [1.29, 1.82) is 0 Å². The fraction of sp³-hybridized carbons (Fsp3) is 0.600. The van der Waals surface area contributed by atoms with Gasteiger partial charge in [0.15, 0.2) is 0 Å². The highest BCUT2D eigenvalue weighted by Crippen LogP contribution is 2.18. The monoisotopic (exact) mass is 209 g/mol. The van der Waals surface area contributed by atoms with Crippen LogP contribution in [0.1, 0.15) is 13.3 Å². The van der Waals surface area contributed by atoms with Crippen LogP contribution in [0.25, 0.3) is 0 Å². The Labute approximate surface area is 88.8 Å². The molecule has 1 fully saturated rings. The van der Waals surface area contributed by atoms with E-state index in [9.17, 15) is 0 Å². The average Bonchev–Trinajstić information content (AvgIpc) is 2.65. The van der Waals surface area contributed by atoms with Crippen molar-refractivity contribution in [3.8, 4) is 5.88 Å². The Morgan fingerprint density at radius 2 is 2.40 bits per heavy atom. The summed E-state index contributed by atoms with van der Waals surface area (Å²) in [5.74, 6) is 1.35. The van der Waals surface area contributed by atoms with Gasteiger partial charge in [0.05, 0.1) is 19.3 Å². The molecule has 2 heterocycles. The predicted molar refractivity (Wildman–Crippen MR) is 56.0 cm³/mol. The van der Waals surface area contributed by atoms with Crippen molar-refractivity contribution < 1.29 is 9.47 Å². The van der Waals surface area contributed by atoms with E-state index in [2.05, 4.69) is 22.2 Å². The molecule has 5 nitrogen and oxygen atoms in total. The van der Waals surface area contributed by atoms with Gasteiger partial charge in [-0.25, -0.2) is 9.97 Å². The standard InChI is InChI=1S/C10H15N3O2/c1-7-8(3-4-15-7)13-9-5-10(14-2)12-6-11-9/h5-8H,3-4H2,1-2H3,(H,11,12,13). The molecule has 1 saturated heterocycles. The molecule has 0 aliphatic carbocycles. The van der Waals surface area contributed by atoms with E-state index in [4.69, 9.17) is 9.47 Å². The van der Waals surface area contributed by atoms with E-state index < -0.39 is 0 Å². The van der Waals surface area contributed by atoms with Crippen molar-refractivity contribution in [3.63, 3.8) is 0 Å². The Morgan fingerprint density at radius 3 is 3.07 bits per heavy atom. The van der Waals surface area contributed by atoms with Crippen molar-refractivity contribution in [2.24, 2.45) is 0 Å². The number of nitrogens with zero attached hydrogens (tertiary/aromatic N) is 2. The quantitative estimate of drug-likeness (QED) is 0.807. The first kappa shape index (κ1) is 10.2. The lowest BCUT2D eigenvalue weighted by molar-refractivity contribution is 0.121. The van der Waals surface area contributed by atoms with Gasteiger partial charge in [0, 0.05) is 12.7 Å². The summed E-state index contributed by atoms with van der Waals surface area (Å²) in [5.41, 5.74) is 0. The first-order valence-electron chi connectivity index (χ1n) is 5.04. The normalized spacial score (nSPS) is 25.2. The van der Waals surface area contributed by atoms with Crippen LogP contribution in [0, 0.1) is 0 Å². The molecule has 2 unspecified atom stereocenters. The molecular weight excluding hydrogens is 194 g/mol. The van der Waals surface area contributed by atoms with Crippen molar-refractivity contribution in [3.05, 3.63) is 12.4 Å². The lowest BCUT2D eigenvalue weighted by Gasteiger charge is -2.16. The van der Waals surface area contributed by atoms with Crippen molar-refractivity contribution in [1.82, 2.24) is 9.97 Å². The Morgan fingerprint density at radius 1 is 1.53 bits per heavy atom. The molecule has 1 N–H and O–H groups in total. The number of ether oxygens (including phenoxy) is 2. The molecule has 0 amide bonds. The third-order valence-corrected chi connectivity index (χ3v) is 2.56. The minimum Gasteiger partial charge on any atom is -0.481 e. The van der Waals surface area contributed by atoms with Crippen LogP contribution in [0.4, 0.5) is 5.82 Å². The van der Waals surface area contributed by atoms with Gasteiger partial charge in [-0.05, 0) is 13.3 Å². The highest BCUT2D eigenvalue weighted by atomic mass is 16.5. The average molecular weight is 209 g/mol. The summed E-state index contributed by atoms with van der Waals surface area (Å²) < 4.78 is 10.5. The summed E-state index contributed by atoms with van der Waals surface area (Å²) in [6.07, 6.45) is 2.72. The van der Waals surface area contributed by atoms with Crippen molar-refractivity contribution in [2.75, 3.05) is 19.0 Å². The molecule has 1 aliphatic heterocycles. The molecule has 0 saturated carbocycles. The Kier molecular flexibility index (Phi) is 3.01. The summed E-state index contributed by atoms with van der Waals surface area (Å²) >= 11 is 0. The molecule has 0 spiro atoms. The molecule has 15 heavy (non-hydrogen) atoms. The summed E-state index contributed by atoms with van der Waals surface area (Å²) in [5, 5.41) is 3.31. The van der Waals surface area contributed by atoms with Crippen LogP contribution in [0.15, 0.2) is 12.4 Å². The minimum atomic E-state index is 0.228. The van der Waals surface area contributed by atoms with E-state index in [0.29, 0.717) is 11.9 Å². The number of aromatic nitrogens is 2. The molecule has 1 aromatic rings. The van der Waals surface area contributed by atoms with Gasteiger partial charge >= 0.3 is 0 Å². The van der Waals surface area contributed by atoms with Crippen LogP contribution in [0.3, 0.4) is 0 Å². The fourth-order valence-corrected chi connectivity index (χ4v) is 1.64. The molecule has 82 valence electrons. The maximum Gasteiger partial charge on any atom is 0.218 e. The third kappa shape index (κ3) is 2.36. The number of hydrogen-bond acceptors (Lipinski definition) is 5. The van der Waals surface area contributed by atoms with E-state index in [1.165, 1.54) is 6.33 Å². The number of hydrogen-bond donors (Lipinski definition) is 1. The molecule has 2 atom stereocenters. The second-order valence-corrected chi connectivity index (χ2v) is 3.56. The van der Waals surface area contributed by atoms with E-state index in [1.807, 2.05) is 0 Å². The molecule has 0 aromatic carbocycles. The molecular formula is C10H15N3O2. The molecule has 1 aliphatic rings. The number of methoxy groups -OCH3 is 1. The van der Waals surface area contributed by atoms with Crippen molar-refractivity contribution in [2.45, 2.75) is 25.5 Å². The summed E-state index contributed by atoms with van der Waals surface area (Å²) in [6, 6.07) is 2.11. The topological polar surface area (TPSA) is 56.3 Å². The van der Waals surface area contributed by atoms with E-state index in [0.717, 1.165) is 18.8 Å². The van der Waals surface area contributed by atoms with Gasteiger partial charge in [-0.1, -0.05) is 0 Å². The predicted octanol–water partition coefficient (Wildman–Crippen LogP) is 1.07. The van der Waals surface area contributed by atoms with Crippen LogP contribution < -0.4 is 10.1 Å². The second-order valence-electron chi connectivity index (χ2n) is 3.56. The Bertz CT molecular complexity index is 332. The molecule has 0 bridgehead atoms. The summed E-state index contributed by atoms with van der Waals surface area (Å²) in [7, 11) is 1.59.